The molecule has 0 aromatic heterocycles. The maximum absolute atomic E-state index is 12.1. The summed E-state index contributed by atoms with van der Waals surface area (Å²) in [6.45, 7) is 13.7. The zero-order chi connectivity index (χ0) is 12.9. The largest absolute Gasteiger partial charge is 0.339 e. The Morgan fingerprint density at radius 3 is 2.06 bits per heavy atom. The van der Waals surface area contributed by atoms with Gasteiger partial charge in [-0.2, -0.15) is 0 Å². The number of amides is 1. The summed E-state index contributed by atoms with van der Waals surface area (Å²) >= 11 is 3.40. The highest BCUT2D eigenvalue weighted by Gasteiger charge is 2.25. The molecule has 1 amide bonds. The molecule has 0 saturated heterocycles. The first kappa shape index (κ1) is 16.0. The molecule has 0 aromatic carbocycles. The summed E-state index contributed by atoms with van der Waals surface area (Å²) in [4.78, 5) is 14.1. The van der Waals surface area contributed by atoms with Crippen molar-refractivity contribution in [2.75, 3.05) is 11.9 Å². The SMILES string of the molecule is CC(C)N(CCBr)C(=O)CC(C)C(C)(C)C. The Balaban J connectivity index is 4.42. The molecule has 0 N–H and O–H groups in total. The molecule has 0 aliphatic heterocycles. The first-order valence-corrected chi connectivity index (χ1v) is 7.17. The van der Waals surface area contributed by atoms with Gasteiger partial charge >= 0.3 is 0 Å². The predicted octanol–water partition coefficient (Wildman–Crippen LogP) is 3.69. The number of rotatable bonds is 5. The second kappa shape index (κ2) is 6.63. The van der Waals surface area contributed by atoms with Crippen LogP contribution in [0.1, 0.15) is 48.0 Å². The van der Waals surface area contributed by atoms with Crippen LogP contribution >= 0.6 is 15.9 Å². The predicted molar refractivity (Wildman–Crippen MR) is 73.9 cm³/mol. The van der Waals surface area contributed by atoms with Gasteiger partial charge in [-0.05, 0) is 25.2 Å². The molecule has 0 saturated carbocycles. The smallest absolute Gasteiger partial charge is 0.223 e. The molecule has 16 heavy (non-hydrogen) atoms. The number of carbonyl (C=O) groups excluding carboxylic acids is 1. The van der Waals surface area contributed by atoms with Gasteiger partial charge in [0.15, 0.2) is 0 Å². The molecule has 1 atom stereocenters. The van der Waals surface area contributed by atoms with Crippen LogP contribution < -0.4 is 0 Å². The first-order chi connectivity index (χ1) is 7.20. The van der Waals surface area contributed by atoms with Crippen molar-refractivity contribution >= 4 is 21.8 Å². The van der Waals surface area contributed by atoms with E-state index in [1.807, 2.05) is 4.90 Å². The van der Waals surface area contributed by atoms with Crippen LogP contribution in [0.2, 0.25) is 0 Å². The van der Waals surface area contributed by atoms with Crippen LogP contribution in [0.5, 0.6) is 0 Å². The Bertz CT molecular complexity index is 220. The van der Waals surface area contributed by atoms with E-state index in [4.69, 9.17) is 0 Å². The third-order valence-corrected chi connectivity index (χ3v) is 3.58. The lowest BCUT2D eigenvalue weighted by Crippen LogP contribution is -2.40. The minimum atomic E-state index is 0.201. The Kier molecular flexibility index (Phi) is 6.61. The fourth-order valence-electron chi connectivity index (χ4n) is 1.45. The molecule has 0 rings (SSSR count). The van der Waals surface area contributed by atoms with E-state index in [2.05, 4.69) is 57.5 Å². The van der Waals surface area contributed by atoms with E-state index in [0.29, 0.717) is 12.3 Å². The zero-order valence-corrected chi connectivity index (χ0v) is 13.1. The number of hydrogen-bond acceptors (Lipinski definition) is 1. The fraction of sp³-hybridized carbons (Fsp3) is 0.923. The third kappa shape index (κ3) is 5.33. The van der Waals surface area contributed by atoms with E-state index in [-0.39, 0.29) is 17.4 Å². The minimum absolute atomic E-state index is 0.201. The Hall–Kier alpha value is -0.0500. The van der Waals surface area contributed by atoms with Gasteiger partial charge in [0.25, 0.3) is 0 Å². The molecule has 3 heteroatoms. The topological polar surface area (TPSA) is 20.3 Å². The second-order valence-electron chi connectivity index (χ2n) is 5.84. The summed E-state index contributed by atoms with van der Waals surface area (Å²) in [6.07, 6.45) is 0.648. The lowest BCUT2D eigenvalue weighted by Gasteiger charge is -2.31. The van der Waals surface area contributed by atoms with Crippen LogP contribution in [0.15, 0.2) is 0 Å². The van der Waals surface area contributed by atoms with Gasteiger partial charge in [0.05, 0.1) is 0 Å². The zero-order valence-electron chi connectivity index (χ0n) is 11.5. The van der Waals surface area contributed by atoms with Gasteiger partial charge in [0.2, 0.25) is 5.91 Å². The summed E-state index contributed by atoms with van der Waals surface area (Å²) in [6, 6.07) is 0.289. The average Bonchev–Trinajstić information content (AvgIpc) is 2.11. The molecule has 0 fully saturated rings. The van der Waals surface area contributed by atoms with E-state index in [1.54, 1.807) is 0 Å². The van der Waals surface area contributed by atoms with E-state index < -0.39 is 0 Å². The van der Waals surface area contributed by atoms with E-state index in [0.717, 1.165) is 11.9 Å². The molecule has 0 aromatic rings. The Labute approximate surface area is 109 Å². The van der Waals surface area contributed by atoms with Crippen molar-refractivity contribution in [1.82, 2.24) is 4.90 Å². The van der Waals surface area contributed by atoms with Gasteiger partial charge in [0.1, 0.15) is 0 Å². The van der Waals surface area contributed by atoms with Crippen LogP contribution in [-0.4, -0.2) is 28.7 Å². The molecule has 2 nitrogen and oxygen atoms in total. The van der Waals surface area contributed by atoms with Crippen LogP contribution in [-0.2, 0) is 4.79 Å². The van der Waals surface area contributed by atoms with Crippen molar-refractivity contribution in [3.63, 3.8) is 0 Å². The van der Waals surface area contributed by atoms with Crippen LogP contribution in [0.3, 0.4) is 0 Å². The van der Waals surface area contributed by atoms with Crippen LogP contribution in [0, 0.1) is 11.3 Å². The van der Waals surface area contributed by atoms with E-state index in [1.165, 1.54) is 0 Å². The minimum Gasteiger partial charge on any atom is -0.339 e. The molecule has 0 spiro atoms. The summed E-state index contributed by atoms with van der Waals surface area (Å²) in [5.74, 6) is 0.688. The molecule has 0 aliphatic carbocycles. The highest BCUT2D eigenvalue weighted by Crippen LogP contribution is 2.28. The summed E-state index contributed by atoms with van der Waals surface area (Å²) in [5, 5.41) is 0.848. The molecular weight excluding hydrogens is 266 g/mol. The van der Waals surface area contributed by atoms with Crippen LogP contribution in [0.25, 0.3) is 0 Å². The van der Waals surface area contributed by atoms with Gasteiger partial charge < -0.3 is 4.90 Å². The van der Waals surface area contributed by atoms with Crippen molar-refractivity contribution < 1.29 is 4.79 Å². The van der Waals surface area contributed by atoms with Gasteiger partial charge in [-0.25, -0.2) is 0 Å². The van der Waals surface area contributed by atoms with Gasteiger partial charge in [-0.3, -0.25) is 4.79 Å². The van der Waals surface area contributed by atoms with Crippen molar-refractivity contribution in [3.05, 3.63) is 0 Å². The summed E-state index contributed by atoms with van der Waals surface area (Å²) in [5.41, 5.74) is 0.201. The fourth-order valence-corrected chi connectivity index (χ4v) is 1.83. The van der Waals surface area contributed by atoms with Crippen molar-refractivity contribution in [3.8, 4) is 0 Å². The summed E-state index contributed by atoms with van der Waals surface area (Å²) < 4.78 is 0. The second-order valence-corrected chi connectivity index (χ2v) is 6.63. The number of hydrogen-bond donors (Lipinski definition) is 0. The molecular formula is C13H26BrNO. The highest BCUT2D eigenvalue weighted by molar-refractivity contribution is 9.09. The lowest BCUT2D eigenvalue weighted by molar-refractivity contribution is -0.134. The maximum Gasteiger partial charge on any atom is 0.223 e. The van der Waals surface area contributed by atoms with Gasteiger partial charge in [-0.1, -0.05) is 43.6 Å². The van der Waals surface area contributed by atoms with Crippen molar-refractivity contribution in [2.45, 2.75) is 54.0 Å². The van der Waals surface area contributed by atoms with E-state index in [9.17, 15) is 4.79 Å². The number of carbonyl (C=O) groups is 1. The number of alkyl halides is 1. The highest BCUT2D eigenvalue weighted by atomic mass is 79.9. The quantitative estimate of drug-likeness (QED) is 0.708. The average molecular weight is 292 g/mol. The van der Waals surface area contributed by atoms with Gasteiger partial charge in [0, 0.05) is 24.3 Å². The Morgan fingerprint density at radius 1 is 1.25 bits per heavy atom. The molecule has 0 radical (unpaired) electrons. The standard InChI is InChI=1S/C13H26BrNO/c1-10(2)15(8-7-14)12(16)9-11(3)13(4,5)6/h10-11H,7-9H2,1-6H3. The lowest BCUT2D eigenvalue weighted by atomic mass is 9.80. The van der Waals surface area contributed by atoms with E-state index >= 15 is 0 Å². The maximum atomic E-state index is 12.1. The number of halogens is 1. The summed E-state index contributed by atoms with van der Waals surface area (Å²) in [7, 11) is 0. The molecule has 96 valence electrons. The van der Waals surface area contributed by atoms with Gasteiger partial charge in [-0.15, -0.1) is 0 Å². The molecule has 0 aliphatic rings. The normalized spacial score (nSPS) is 14.0. The molecule has 0 heterocycles. The van der Waals surface area contributed by atoms with Crippen molar-refractivity contribution in [2.24, 2.45) is 11.3 Å². The first-order valence-electron chi connectivity index (χ1n) is 6.05. The molecule has 1 unspecified atom stereocenters. The van der Waals surface area contributed by atoms with Crippen LogP contribution in [0.4, 0.5) is 0 Å². The third-order valence-electron chi connectivity index (χ3n) is 3.23. The molecule has 0 bridgehead atoms. The Morgan fingerprint density at radius 2 is 1.75 bits per heavy atom. The monoisotopic (exact) mass is 291 g/mol. The number of nitrogens with zero attached hydrogens (tertiary/aromatic N) is 1. The van der Waals surface area contributed by atoms with Crippen molar-refractivity contribution in [1.29, 1.82) is 0 Å².